The van der Waals surface area contributed by atoms with Crippen molar-refractivity contribution in [3.05, 3.63) is 22.3 Å². The van der Waals surface area contributed by atoms with Crippen LogP contribution in [0.4, 0.5) is 14.6 Å². The van der Waals surface area contributed by atoms with Crippen molar-refractivity contribution in [2.24, 2.45) is 0 Å². The van der Waals surface area contributed by atoms with Crippen LogP contribution >= 0.6 is 23.2 Å². The zero-order chi connectivity index (χ0) is 10.9. The molecule has 0 atom stereocenters. The van der Waals surface area contributed by atoms with Crippen LogP contribution in [0.1, 0.15) is 22.3 Å². The van der Waals surface area contributed by atoms with Gasteiger partial charge < -0.3 is 5.73 Å². The van der Waals surface area contributed by atoms with Gasteiger partial charge in [0.2, 0.25) is 0 Å². The summed E-state index contributed by atoms with van der Waals surface area (Å²) in [5, 5.41) is -1.56. The number of hydrogen-bond donors (Lipinski definition) is 1. The normalized spacial score (nSPS) is 10.6. The van der Waals surface area contributed by atoms with Crippen molar-refractivity contribution < 1.29 is 13.6 Å². The van der Waals surface area contributed by atoms with Gasteiger partial charge in [0, 0.05) is 5.56 Å². The SMILES string of the molecule is Nc1cc(C(=O)Cl)c(C(F)F)c(Cl)n1. The summed E-state index contributed by atoms with van der Waals surface area (Å²) in [6, 6.07) is 0.961. The van der Waals surface area contributed by atoms with Crippen LogP contribution in [0, 0.1) is 0 Å². The molecule has 14 heavy (non-hydrogen) atoms. The Morgan fingerprint density at radius 2 is 2.14 bits per heavy atom. The second kappa shape index (κ2) is 4.06. The smallest absolute Gasteiger partial charge is 0.267 e. The van der Waals surface area contributed by atoms with Gasteiger partial charge in [0.15, 0.2) is 0 Å². The Kier molecular flexibility index (Phi) is 3.23. The maximum Gasteiger partial charge on any atom is 0.267 e. The Bertz CT molecular complexity index is 384. The molecule has 0 spiro atoms. The Balaban J connectivity index is 3.44. The van der Waals surface area contributed by atoms with Gasteiger partial charge in [0.1, 0.15) is 11.0 Å². The molecule has 0 aliphatic carbocycles. The number of carbonyl (C=O) groups excluding carboxylic acids is 1. The summed E-state index contributed by atoms with van der Waals surface area (Å²) >= 11 is 10.5. The van der Waals surface area contributed by atoms with Gasteiger partial charge in [0.05, 0.1) is 5.56 Å². The number of anilines is 1. The van der Waals surface area contributed by atoms with E-state index in [1.54, 1.807) is 0 Å². The van der Waals surface area contributed by atoms with Crippen molar-refractivity contribution in [3.63, 3.8) is 0 Å². The standard InChI is InChI=1S/C7H4Cl2F2N2O/c8-5-4(7(10)11)2(6(9)14)1-3(12)13-5/h1,7H,(H2,12,13). The van der Waals surface area contributed by atoms with E-state index >= 15 is 0 Å². The number of carbonyl (C=O) groups is 1. The van der Waals surface area contributed by atoms with E-state index in [9.17, 15) is 13.6 Å². The average Bonchev–Trinajstić information content (AvgIpc) is 2.01. The molecule has 76 valence electrons. The molecule has 0 aliphatic rings. The second-order valence-electron chi connectivity index (χ2n) is 2.37. The molecule has 7 heteroatoms. The highest BCUT2D eigenvalue weighted by atomic mass is 35.5. The fourth-order valence-electron chi connectivity index (χ4n) is 0.913. The lowest BCUT2D eigenvalue weighted by atomic mass is 10.1. The van der Waals surface area contributed by atoms with Gasteiger partial charge in [-0.2, -0.15) is 0 Å². The predicted molar refractivity (Wildman–Crippen MR) is 48.8 cm³/mol. The van der Waals surface area contributed by atoms with Crippen LogP contribution in [0.25, 0.3) is 0 Å². The van der Waals surface area contributed by atoms with E-state index < -0.39 is 27.9 Å². The molecule has 0 saturated carbocycles. The van der Waals surface area contributed by atoms with E-state index in [0.717, 1.165) is 6.07 Å². The second-order valence-corrected chi connectivity index (χ2v) is 3.07. The summed E-state index contributed by atoms with van der Waals surface area (Å²) in [7, 11) is 0. The van der Waals surface area contributed by atoms with E-state index in [1.165, 1.54) is 0 Å². The number of hydrogen-bond acceptors (Lipinski definition) is 3. The summed E-state index contributed by atoms with van der Waals surface area (Å²) in [4.78, 5) is 14.2. The molecule has 0 radical (unpaired) electrons. The third-order valence-electron chi connectivity index (χ3n) is 1.46. The van der Waals surface area contributed by atoms with Crippen molar-refractivity contribution in [1.29, 1.82) is 0 Å². The minimum absolute atomic E-state index is 0.136. The Morgan fingerprint density at radius 3 is 2.57 bits per heavy atom. The van der Waals surface area contributed by atoms with Crippen LogP contribution in [0.2, 0.25) is 5.15 Å². The zero-order valence-corrected chi connectivity index (χ0v) is 8.11. The van der Waals surface area contributed by atoms with Crippen LogP contribution in [-0.2, 0) is 0 Å². The van der Waals surface area contributed by atoms with Gasteiger partial charge in [-0.15, -0.1) is 0 Å². The van der Waals surface area contributed by atoms with Crippen molar-refractivity contribution >= 4 is 34.3 Å². The molecule has 0 aliphatic heterocycles. The van der Waals surface area contributed by atoms with Gasteiger partial charge in [-0.1, -0.05) is 11.6 Å². The van der Waals surface area contributed by atoms with Crippen LogP contribution in [-0.4, -0.2) is 10.2 Å². The lowest BCUT2D eigenvalue weighted by Gasteiger charge is -2.07. The molecule has 3 nitrogen and oxygen atoms in total. The van der Waals surface area contributed by atoms with E-state index in [4.69, 9.17) is 28.9 Å². The molecular formula is C7H4Cl2F2N2O. The van der Waals surface area contributed by atoms with E-state index in [1.807, 2.05) is 0 Å². The Morgan fingerprint density at radius 1 is 1.57 bits per heavy atom. The van der Waals surface area contributed by atoms with Crippen molar-refractivity contribution in [1.82, 2.24) is 4.98 Å². The number of nitrogens with zero attached hydrogens (tertiary/aromatic N) is 1. The van der Waals surface area contributed by atoms with E-state index in [-0.39, 0.29) is 5.82 Å². The number of nitrogens with two attached hydrogens (primary N) is 1. The lowest BCUT2D eigenvalue weighted by molar-refractivity contribution is 0.106. The van der Waals surface area contributed by atoms with Gasteiger partial charge in [-0.25, -0.2) is 13.8 Å². The molecular weight excluding hydrogens is 237 g/mol. The first-order valence-corrected chi connectivity index (χ1v) is 4.13. The summed E-state index contributed by atoms with van der Waals surface area (Å²) in [5.41, 5.74) is 4.10. The fraction of sp³-hybridized carbons (Fsp3) is 0.143. The molecule has 1 aromatic rings. The molecule has 1 aromatic heterocycles. The summed E-state index contributed by atoms with van der Waals surface area (Å²) in [6.45, 7) is 0. The molecule has 1 rings (SSSR count). The zero-order valence-electron chi connectivity index (χ0n) is 6.60. The third-order valence-corrected chi connectivity index (χ3v) is 1.95. The number of nitrogen functional groups attached to an aromatic ring is 1. The molecule has 0 unspecified atom stereocenters. The first-order chi connectivity index (χ1) is 6.43. The van der Waals surface area contributed by atoms with Crippen molar-refractivity contribution in [2.75, 3.05) is 5.73 Å². The molecule has 0 saturated heterocycles. The molecule has 0 fully saturated rings. The first-order valence-electron chi connectivity index (χ1n) is 3.37. The predicted octanol–water partition coefficient (Wildman–Crippen LogP) is 2.63. The molecule has 0 amide bonds. The third kappa shape index (κ3) is 2.10. The molecule has 2 N–H and O–H groups in total. The number of rotatable bonds is 2. The maximum absolute atomic E-state index is 12.4. The van der Waals surface area contributed by atoms with Gasteiger partial charge in [-0.05, 0) is 17.7 Å². The minimum Gasteiger partial charge on any atom is -0.384 e. The summed E-state index contributed by atoms with van der Waals surface area (Å²) in [5.74, 6) is -0.136. The van der Waals surface area contributed by atoms with Crippen LogP contribution in [0.3, 0.4) is 0 Å². The number of aromatic nitrogens is 1. The van der Waals surface area contributed by atoms with E-state index in [2.05, 4.69) is 4.98 Å². The van der Waals surface area contributed by atoms with E-state index in [0.29, 0.717) is 0 Å². The quantitative estimate of drug-likeness (QED) is 0.639. The van der Waals surface area contributed by atoms with Gasteiger partial charge >= 0.3 is 0 Å². The molecule has 0 bridgehead atoms. The highest BCUT2D eigenvalue weighted by Crippen LogP contribution is 2.31. The number of pyridine rings is 1. The highest BCUT2D eigenvalue weighted by Gasteiger charge is 2.22. The number of alkyl halides is 2. The minimum atomic E-state index is -2.92. The monoisotopic (exact) mass is 240 g/mol. The Labute approximate surface area is 87.8 Å². The first kappa shape index (κ1) is 11.1. The van der Waals surface area contributed by atoms with Gasteiger partial charge in [-0.3, -0.25) is 4.79 Å². The fourth-order valence-corrected chi connectivity index (χ4v) is 1.35. The van der Waals surface area contributed by atoms with Crippen molar-refractivity contribution in [3.8, 4) is 0 Å². The maximum atomic E-state index is 12.4. The molecule has 0 aromatic carbocycles. The average molecular weight is 241 g/mol. The largest absolute Gasteiger partial charge is 0.384 e. The number of halogens is 4. The van der Waals surface area contributed by atoms with Crippen LogP contribution in [0.15, 0.2) is 6.07 Å². The topological polar surface area (TPSA) is 56.0 Å². The summed E-state index contributed by atoms with van der Waals surface area (Å²) in [6.07, 6.45) is -2.92. The molecule has 1 heterocycles. The van der Waals surface area contributed by atoms with Crippen LogP contribution in [0.5, 0.6) is 0 Å². The van der Waals surface area contributed by atoms with Gasteiger partial charge in [0.25, 0.3) is 11.7 Å². The van der Waals surface area contributed by atoms with Crippen molar-refractivity contribution in [2.45, 2.75) is 6.43 Å². The highest BCUT2D eigenvalue weighted by molar-refractivity contribution is 6.68. The van der Waals surface area contributed by atoms with Crippen LogP contribution < -0.4 is 5.73 Å². The lowest BCUT2D eigenvalue weighted by Crippen LogP contribution is -2.04. The summed E-state index contributed by atoms with van der Waals surface area (Å²) < 4.78 is 24.8. The Hall–Kier alpha value is -0.940.